The largest absolute Gasteiger partial charge is 0.480 e. The summed E-state index contributed by atoms with van der Waals surface area (Å²) in [5.74, 6) is 1.58. The highest BCUT2D eigenvalue weighted by Crippen LogP contribution is 2.09. The summed E-state index contributed by atoms with van der Waals surface area (Å²) in [4.78, 5) is 33.4. The normalized spacial score (nSPS) is 20.8. The highest BCUT2D eigenvalue weighted by Gasteiger charge is 2.32. The molecule has 0 aromatic carbocycles. The van der Waals surface area contributed by atoms with Gasteiger partial charge in [0.15, 0.2) is 0 Å². The van der Waals surface area contributed by atoms with Crippen LogP contribution in [-0.4, -0.2) is 77.0 Å². The van der Waals surface area contributed by atoms with E-state index >= 15 is 0 Å². The van der Waals surface area contributed by atoms with E-state index in [0.29, 0.717) is 19.3 Å². The predicted molar refractivity (Wildman–Crippen MR) is 108 cm³/mol. The highest BCUT2D eigenvalue weighted by atomic mass is 32.2. The van der Waals surface area contributed by atoms with E-state index in [1.165, 1.54) is 0 Å². The molecule has 1 aliphatic heterocycles. The summed E-state index contributed by atoms with van der Waals surface area (Å²) in [5.41, 5.74) is 5.19. The van der Waals surface area contributed by atoms with E-state index in [1.54, 1.807) is 35.3 Å². The number of rotatable bonds is 10. The molecule has 25 heavy (non-hydrogen) atoms. The smallest absolute Gasteiger partial charge is 0.320 e. The Morgan fingerprint density at radius 3 is 1.72 bits per heavy atom. The van der Waals surface area contributed by atoms with E-state index in [4.69, 9.17) is 10.8 Å². The number of piperazine rings is 1. The van der Waals surface area contributed by atoms with Crippen molar-refractivity contribution in [2.24, 2.45) is 5.73 Å². The first-order valence-corrected chi connectivity index (χ1v) is 12.1. The monoisotopic (exact) mass is 411 g/mol. The number of amides is 2. The summed E-state index contributed by atoms with van der Waals surface area (Å²) in [6, 6.07) is -1.37. The van der Waals surface area contributed by atoms with Gasteiger partial charge >= 0.3 is 5.97 Å². The lowest BCUT2D eigenvalue weighted by Crippen LogP contribution is -2.61. The average Bonchev–Trinajstić information content (AvgIpc) is 2.59. The third-order valence-electron chi connectivity index (χ3n) is 3.44. The zero-order chi connectivity index (χ0) is 19.2. The second kappa shape index (κ2) is 14.6. The fourth-order valence-corrected chi connectivity index (χ4v) is 3.35. The predicted octanol–water partition coefficient (Wildman–Crippen LogP) is 0.627. The summed E-state index contributed by atoms with van der Waals surface area (Å²) in [6.45, 7) is 0. The molecular formula is C15H29N3O4S3. The van der Waals surface area contributed by atoms with E-state index in [0.717, 1.165) is 17.3 Å². The van der Waals surface area contributed by atoms with E-state index < -0.39 is 12.0 Å². The van der Waals surface area contributed by atoms with Gasteiger partial charge < -0.3 is 21.5 Å². The van der Waals surface area contributed by atoms with Crippen LogP contribution in [0.5, 0.6) is 0 Å². The molecule has 5 N–H and O–H groups in total. The Kier molecular flexibility index (Phi) is 14.2. The SMILES string of the molecule is CSCCC(N)C(=O)O.CSCCC1NC(=O)C(CCSC)NC1=O. The van der Waals surface area contributed by atoms with Crippen molar-refractivity contribution in [1.82, 2.24) is 10.6 Å². The van der Waals surface area contributed by atoms with Gasteiger partial charge in [-0.3, -0.25) is 14.4 Å². The first kappa shape index (κ1) is 24.4. The molecule has 1 rings (SSSR count). The van der Waals surface area contributed by atoms with Gasteiger partial charge in [-0.05, 0) is 55.3 Å². The topological polar surface area (TPSA) is 122 Å². The summed E-state index contributed by atoms with van der Waals surface area (Å²) >= 11 is 4.96. The lowest BCUT2D eigenvalue weighted by Gasteiger charge is -2.29. The van der Waals surface area contributed by atoms with Crippen molar-refractivity contribution in [1.29, 1.82) is 0 Å². The number of carboxylic acid groups (broad SMARTS) is 1. The van der Waals surface area contributed by atoms with Gasteiger partial charge in [-0.2, -0.15) is 35.3 Å². The van der Waals surface area contributed by atoms with Gasteiger partial charge in [0.25, 0.3) is 0 Å². The minimum absolute atomic E-state index is 0.0419. The Morgan fingerprint density at radius 2 is 1.40 bits per heavy atom. The molecule has 2 amide bonds. The standard InChI is InChI=1S/C10H18N2O2S2.C5H11NO2S/c1-15-5-3-7-9(13)12-8(4-6-16-2)10(14)11-7;1-9-3-2-4(6)5(7)8/h7-8H,3-6H2,1-2H3,(H,11,14)(H,12,13);4H,2-3,6H2,1H3,(H,7,8). The molecule has 7 nitrogen and oxygen atoms in total. The number of nitrogens with one attached hydrogen (secondary N) is 2. The zero-order valence-electron chi connectivity index (χ0n) is 14.9. The Bertz CT molecular complexity index is 401. The van der Waals surface area contributed by atoms with Crippen LogP contribution in [0.2, 0.25) is 0 Å². The maximum absolute atomic E-state index is 11.7. The number of nitrogens with two attached hydrogens (primary N) is 1. The van der Waals surface area contributed by atoms with E-state index in [2.05, 4.69) is 10.6 Å². The van der Waals surface area contributed by atoms with Crippen molar-refractivity contribution in [3.05, 3.63) is 0 Å². The maximum atomic E-state index is 11.7. The minimum Gasteiger partial charge on any atom is -0.480 e. The van der Waals surface area contributed by atoms with Crippen molar-refractivity contribution in [3.63, 3.8) is 0 Å². The van der Waals surface area contributed by atoms with Crippen LogP contribution >= 0.6 is 35.3 Å². The van der Waals surface area contributed by atoms with E-state index in [9.17, 15) is 14.4 Å². The molecule has 0 aromatic rings. The van der Waals surface area contributed by atoms with Crippen molar-refractivity contribution < 1.29 is 19.5 Å². The number of thioether (sulfide) groups is 3. The third-order valence-corrected chi connectivity index (χ3v) is 5.37. The first-order chi connectivity index (χ1) is 11.9. The molecule has 1 heterocycles. The molecule has 0 bridgehead atoms. The van der Waals surface area contributed by atoms with Crippen LogP contribution in [0.4, 0.5) is 0 Å². The Balaban J connectivity index is 0.000000547. The zero-order valence-corrected chi connectivity index (χ0v) is 17.4. The number of carbonyl (C=O) groups excluding carboxylic acids is 2. The molecule has 0 aromatic heterocycles. The number of carbonyl (C=O) groups is 3. The molecule has 3 atom stereocenters. The Morgan fingerprint density at radius 1 is 1.00 bits per heavy atom. The van der Waals surface area contributed by atoms with Crippen molar-refractivity contribution in [2.75, 3.05) is 36.0 Å². The second-order valence-corrected chi connectivity index (χ2v) is 8.37. The molecule has 0 saturated carbocycles. The van der Waals surface area contributed by atoms with Crippen LogP contribution in [0.25, 0.3) is 0 Å². The van der Waals surface area contributed by atoms with Gasteiger partial charge in [-0.25, -0.2) is 0 Å². The maximum Gasteiger partial charge on any atom is 0.320 e. The van der Waals surface area contributed by atoms with Gasteiger partial charge in [-0.15, -0.1) is 0 Å². The van der Waals surface area contributed by atoms with Crippen LogP contribution in [0.1, 0.15) is 19.3 Å². The van der Waals surface area contributed by atoms with Crippen LogP contribution in [0.3, 0.4) is 0 Å². The number of carboxylic acids is 1. The van der Waals surface area contributed by atoms with Gasteiger partial charge in [0.1, 0.15) is 18.1 Å². The van der Waals surface area contributed by atoms with E-state index in [-0.39, 0.29) is 23.9 Å². The third kappa shape index (κ3) is 10.9. The molecule has 10 heteroatoms. The molecule has 0 spiro atoms. The van der Waals surface area contributed by atoms with Gasteiger partial charge in [0, 0.05) is 0 Å². The lowest BCUT2D eigenvalue weighted by molar-refractivity contribution is -0.138. The highest BCUT2D eigenvalue weighted by molar-refractivity contribution is 7.98. The Hall–Kier alpha value is -0.580. The molecule has 1 saturated heterocycles. The molecule has 146 valence electrons. The second-order valence-electron chi connectivity index (χ2n) is 5.41. The summed E-state index contributed by atoms with van der Waals surface area (Å²) in [6.07, 6.45) is 7.86. The fourth-order valence-electron chi connectivity index (χ4n) is 1.92. The summed E-state index contributed by atoms with van der Waals surface area (Å²) in [7, 11) is 0. The van der Waals surface area contributed by atoms with Crippen LogP contribution < -0.4 is 16.4 Å². The fraction of sp³-hybridized carbons (Fsp3) is 0.800. The van der Waals surface area contributed by atoms with Crippen molar-refractivity contribution >= 4 is 53.1 Å². The quantitative estimate of drug-likeness (QED) is 0.413. The van der Waals surface area contributed by atoms with Crippen LogP contribution in [-0.2, 0) is 14.4 Å². The van der Waals surface area contributed by atoms with Crippen molar-refractivity contribution in [2.45, 2.75) is 37.4 Å². The van der Waals surface area contributed by atoms with Crippen molar-refractivity contribution in [3.8, 4) is 0 Å². The molecule has 0 radical (unpaired) electrons. The number of hydrogen-bond donors (Lipinski definition) is 4. The van der Waals surface area contributed by atoms with Gasteiger partial charge in [0.2, 0.25) is 11.8 Å². The Labute approximate surface area is 162 Å². The van der Waals surface area contributed by atoms with Gasteiger partial charge in [0.05, 0.1) is 0 Å². The summed E-state index contributed by atoms with van der Waals surface area (Å²) < 4.78 is 0. The minimum atomic E-state index is -0.913. The number of hydrogen-bond acceptors (Lipinski definition) is 7. The van der Waals surface area contributed by atoms with Crippen LogP contribution in [0.15, 0.2) is 0 Å². The average molecular weight is 412 g/mol. The molecule has 1 aliphatic rings. The molecule has 1 fully saturated rings. The number of aliphatic carboxylic acids is 1. The lowest BCUT2D eigenvalue weighted by atomic mass is 10.1. The molecular weight excluding hydrogens is 382 g/mol. The molecule has 0 aliphatic carbocycles. The van der Waals surface area contributed by atoms with E-state index in [1.807, 2.05) is 18.8 Å². The van der Waals surface area contributed by atoms with Gasteiger partial charge in [-0.1, -0.05) is 0 Å². The molecule has 3 unspecified atom stereocenters. The summed E-state index contributed by atoms with van der Waals surface area (Å²) in [5, 5.41) is 13.8. The first-order valence-electron chi connectivity index (χ1n) is 7.93. The van der Waals surface area contributed by atoms with Crippen LogP contribution in [0, 0.1) is 0 Å².